The second-order valence-electron chi connectivity index (χ2n) is 13.2. The monoisotopic (exact) mass is 656 g/mol. The van der Waals surface area contributed by atoms with Crippen LogP contribution in [0, 0.1) is 6.92 Å². The lowest BCUT2D eigenvalue weighted by Gasteiger charge is -2.45. The number of aryl methyl sites for hydroxylation is 1. The minimum Gasteiger partial charge on any atom is -0.456 e. The van der Waals surface area contributed by atoms with Crippen LogP contribution in [0.3, 0.4) is 0 Å². The number of benzene rings is 3. The summed E-state index contributed by atoms with van der Waals surface area (Å²) in [6.07, 6.45) is 0.745. The molecule has 11 heteroatoms. The molecule has 3 aromatic carbocycles. The Labute approximate surface area is 277 Å². The molecule has 2 atom stereocenters. The van der Waals surface area contributed by atoms with Crippen molar-refractivity contribution in [3.63, 3.8) is 0 Å². The number of carbonyl (C=O) groups excluding carboxylic acids is 4. The number of H-pyrrole nitrogens is 1. The molecule has 47 heavy (non-hydrogen) atoms. The van der Waals surface area contributed by atoms with Crippen LogP contribution in [0.4, 0.5) is 10.5 Å². The molecule has 2 aliphatic heterocycles. The number of amides is 3. The van der Waals surface area contributed by atoms with Crippen LogP contribution in [0.1, 0.15) is 71.1 Å². The van der Waals surface area contributed by atoms with Gasteiger partial charge in [0.2, 0.25) is 5.91 Å². The third kappa shape index (κ3) is 6.69. The van der Waals surface area contributed by atoms with Gasteiger partial charge >= 0.3 is 12.1 Å². The van der Waals surface area contributed by atoms with Crippen molar-refractivity contribution in [2.24, 2.45) is 0 Å². The summed E-state index contributed by atoms with van der Waals surface area (Å²) in [7, 11) is 0. The SMILES string of the molecule is Cc1[nH]c2ccc(C(=O)N[C@@H](Cc3ccccc3)C(=O)N3CCC[C@@]4(C3)OC(=O)Nc3ccc(Cl)cc34)cc2c1C(=O)OC(C)(C)C. The Morgan fingerprint density at radius 3 is 2.60 bits per heavy atom. The number of aromatic nitrogens is 1. The topological polar surface area (TPSA) is 130 Å². The molecule has 3 heterocycles. The minimum absolute atomic E-state index is 0.113. The van der Waals surface area contributed by atoms with Crippen molar-refractivity contribution in [2.45, 2.75) is 64.2 Å². The molecule has 1 spiro atoms. The van der Waals surface area contributed by atoms with Crippen molar-refractivity contribution in [2.75, 3.05) is 18.4 Å². The van der Waals surface area contributed by atoms with E-state index in [1.54, 1.807) is 69.0 Å². The van der Waals surface area contributed by atoms with Crippen molar-refractivity contribution >= 4 is 52.1 Å². The molecule has 0 bridgehead atoms. The summed E-state index contributed by atoms with van der Waals surface area (Å²) in [4.78, 5) is 58.7. The fourth-order valence-electron chi connectivity index (χ4n) is 6.46. The summed E-state index contributed by atoms with van der Waals surface area (Å²) in [6, 6.07) is 18.7. The molecular formula is C36H37ClN4O6. The number of halogens is 1. The summed E-state index contributed by atoms with van der Waals surface area (Å²) in [5.41, 5.74) is 2.37. The van der Waals surface area contributed by atoms with Crippen LogP contribution >= 0.6 is 11.6 Å². The fourth-order valence-corrected chi connectivity index (χ4v) is 6.63. The van der Waals surface area contributed by atoms with Gasteiger partial charge in [-0.1, -0.05) is 41.9 Å². The Morgan fingerprint density at radius 2 is 1.85 bits per heavy atom. The van der Waals surface area contributed by atoms with Gasteiger partial charge in [-0.2, -0.15) is 0 Å². The van der Waals surface area contributed by atoms with Crippen molar-refractivity contribution in [1.82, 2.24) is 15.2 Å². The Kier molecular flexibility index (Phi) is 8.48. The second-order valence-corrected chi connectivity index (χ2v) is 13.6. The molecule has 0 unspecified atom stereocenters. The zero-order chi connectivity index (χ0) is 33.5. The Morgan fingerprint density at radius 1 is 1.09 bits per heavy atom. The molecule has 0 saturated carbocycles. The molecular weight excluding hydrogens is 620 g/mol. The number of fused-ring (bicyclic) bond motifs is 3. The molecule has 1 saturated heterocycles. The average molecular weight is 657 g/mol. The summed E-state index contributed by atoms with van der Waals surface area (Å²) < 4.78 is 11.5. The molecule has 244 valence electrons. The van der Waals surface area contributed by atoms with Gasteiger partial charge in [0.05, 0.1) is 17.8 Å². The number of carbonyl (C=O) groups is 4. The molecule has 6 rings (SSSR count). The summed E-state index contributed by atoms with van der Waals surface area (Å²) in [5.74, 6) is -1.25. The maximum absolute atomic E-state index is 14.3. The van der Waals surface area contributed by atoms with Gasteiger partial charge in [0.1, 0.15) is 11.6 Å². The van der Waals surface area contributed by atoms with E-state index in [1.807, 2.05) is 30.3 Å². The van der Waals surface area contributed by atoms with Crippen LogP contribution in [-0.2, 0) is 26.3 Å². The molecule has 10 nitrogen and oxygen atoms in total. The molecule has 1 aromatic heterocycles. The van der Waals surface area contributed by atoms with Crippen LogP contribution < -0.4 is 10.6 Å². The van der Waals surface area contributed by atoms with Crippen LogP contribution in [0.25, 0.3) is 10.9 Å². The number of nitrogens with zero attached hydrogens (tertiary/aromatic N) is 1. The number of likely N-dealkylation sites (tertiary alicyclic amines) is 1. The van der Waals surface area contributed by atoms with Crippen LogP contribution in [0.2, 0.25) is 5.02 Å². The normalized spacial score (nSPS) is 18.2. The molecule has 4 aromatic rings. The van der Waals surface area contributed by atoms with E-state index in [4.69, 9.17) is 21.1 Å². The van der Waals surface area contributed by atoms with Gasteiger partial charge in [-0.3, -0.25) is 14.9 Å². The maximum Gasteiger partial charge on any atom is 0.412 e. The predicted molar refractivity (Wildman–Crippen MR) is 179 cm³/mol. The zero-order valence-electron chi connectivity index (χ0n) is 26.7. The molecule has 2 aliphatic rings. The first-order valence-electron chi connectivity index (χ1n) is 15.6. The highest BCUT2D eigenvalue weighted by atomic mass is 35.5. The number of hydrogen-bond acceptors (Lipinski definition) is 6. The maximum atomic E-state index is 14.3. The van der Waals surface area contributed by atoms with E-state index in [-0.39, 0.29) is 24.4 Å². The third-order valence-corrected chi connectivity index (χ3v) is 8.74. The fraction of sp³-hybridized carbons (Fsp3) is 0.333. The summed E-state index contributed by atoms with van der Waals surface area (Å²) in [6.45, 7) is 7.71. The van der Waals surface area contributed by atoms with Crippen LogP contribution in [0.5, 0.6) is 0 Å². The van der Waals surface area contributed by atoms with E-state index in [9.17, 15) is 19.2 Å². The lowest BCUT2D eigenvalue weighted by Crippen LogP contribution is -2.57. The highest BCUT2D eigenvalue weighted by molar-refractivity contribution is 6.30. The van der Waals surface area contributed by atoms with E-state index in [0.717, 1.165) is 5.56 Å². The van der Waals surface area contributed by atoms with E-state index in [2.05, 4.69) is 15.6 Å². The zero-order valence-corrected chi connectivity index (χ0v) is 27.5. The summed E-state index contributed by atoms with van der Waals surface area (Å²) in [5, 5.41) is 6.74. The summed E-state index contributed by atoms with van der Waals surface area (Å²) >= 11 is 6.34. The van der Waals surface area contributed by atoms with Gasteiger partial charge in [-0.15, -0.1) is 0 Å². The number of aromatic amines is 1. The number of nitrogens with one attached hydrogen (secondary N) is 3. The van der Waals surface area contributed by atoms with Gasteiger partial charge in [0.25, 0.3) is 5.91 Å². The van der Waals surface area contributed by atoms with Crippen LogP contribution in [-0.4, -0.2) is 58.5 Å². The molecule has 3 amide bonds. The average Bonchev–Trinajstić information content (AvgIpc) is 3.35. The Hall–Kier alpha value is -4.83. The third-order valence-electron chi connectivity index (χ3n) is 8.50. The molecule has 0 radical (unpaired) electrons. The first-order valence-corrected chi connectivity index (χ1v) is 16.0. The van der Waals surface area contributed by atoms with Gasteiger partial charge in [-0.05, 0) is 82.5 Å². The quantitative estimate of drug-likeness (QED) is 0.203. The lowest BCUT2D eigenvalue weighted by atomic mass is 9.83. The number of hydrogen-bond donors (Lipinski definition) is 3. The largest absolute Gasteiger partial charge is 0.456 e. The number of rotatable bonds is 6. The van der Waals surface area contributed by atoms with Gasteiger partial charge in [0.15, 0.2) is 5.60 Å². The predicted octanol–water partition coefficient (Wildman–Crippen LogP) is 6.51. The minimum atomic E-state index is -1.08. The molecule has 1 fully saturated rings. The number of esters is 1. The number of anilines is 1. The highest BCUT2D eigenvalue weighted by Crippen LogP contribution is 2.43. The van der Waals surface area contributed by atoms with E-state index in [1.165, 1.54) is 0 Å². The van der Waals surface area contributed by atoms with Gasteiger partial charge in [-0.25, -0.2) is 9.59 Å². The lowest BCUT2D eigenvalue weighted by molar-refractivity contribution is -0.141. The first kappa shape index (κ1) is 32.1. The first-order chi connectivity index (χ1) is 22.3. The van der Waals surface area contributed by atoms with Crippen LogP contribution in [0.15, 0.2) is 66.7 Å². The van der Waals surface area contributed by atoms with Crippen molar-refractivity contribution in [3.8, 4) is 0 Å². The van der Waals surface area contributed by atoms with E-state index >= 15 is 0 Å². The number of ether oxygens (including phenoxy) is 2. The highest BCUT2D eigenvalue weighted by Gasteiger charge is 2.47. The van der Waals surface area contributed by atoms with Crippen molar-refractivity contribution in [3.05, 3.63) is 99.7 Å². The standard InChI is InChI=1S/C36H37ClN4O6/c1-21-30(33(44)46-35(2,3)4)25-18-23(11-13-27(25)38-21)31(42)39-29(17-22-9-6-5-7-10-22)32(43)41-16-8-15-36(20-41)26-19-24(37)12-14-28(26)40-34(45)47-36/h5-7,9-14,18-19,29,38H,8,15-17,20H2,1-4H3,(H,39,42)(H,40,45)/t29-,36-/m0/s1. The number of piperidine rings is 1. The van der Waals surface area contributed by atoms with Crippen molar-refractivity contribution in [1.29, 1.82) is 0 Å². The van der Waals surface area contributed by atoms with Gasteiger partial charge in [0, 0.05) is 45.7 Å². The Balaban J connectivity index is 1.29. The smallest absolute Gasteiger partial charge is 0.412 e. The second kappa shape index (κ2) is 12.4. The Bertz CT molecular complexity index is 1880. The van der Waals surface area contributed by atoms with Gasteiger partial charge < -0.3 is 24.7 Å². The van der Waals surface area contributed by atoms with E-state index < -0.39 is 35.2 Å². The van der Waals surface area contributed by atoms with E-state index in [0.29, 0.717) is 57.8 Å². The molecule has 0 aliphatic carbocycles. The molecule has 3 N–H and O–H groups in total. The van der Waals surface area contributed by atoms with Crippen molar-refractivity contribution < 1.29 is 28.7 Å².